The fourth-order valence-corrected chi connectivity index (χ4v) is 3.73. The van der Waals surface area contributed by atoms with Gasteiger partial charge >= 0.3 is 6.03 Å². The van der Waals surface area contributed by atoms with Gasteiger partial charge in [0.05, 0.1) is 10.7 Å². The van der Waals surface area contributed by atoms with E-state index in [9.17, 15) is 9.90 Å². The summed E-state index contributed by atoms with van der Waals surface area (Å²) in [6.45, 7) is 2.58. The van der Waals surface area contributed by atoms with Gasteiger partial charge in [-0.2, -0.15) is 0 Å². The largest absolute Gasteiger partial charge is 0.422 e. The van der Waals surface area contributed by atoms with Crippen LogP contribution in [0.15, 0.2) is 47.0 Å². The smallest absolute Gasteiger partial charge is 0.322 e. The summed E-state index contributed by atoms with van der Waals surface area (Å²) < 4.78 is 5.26. The Morgan fingerprint density at radius 2 is 2.13 bits per heavy atom. The average Bonchev–Trinajstić information content (AvgIpc) is 3.19. The van der Waals surface area contributed by atoms with Crippen molar-refractivity contribution >= 4 is 40.5 Å². The number of nitrogens with zero attached hydrogens (tertiary/aromatic N) is 4. The number of aliphatic hydroxyl groups excluding tert-OH is 1. The molecule has 31 heavy (non-hydrogen) atoms. The van der Waals surface area contributed by atoms with Crippen molar-refractivity contribution in [3.63, 3.8) is 0 Å². The standard InChI is InChI=1S/C21H19Cl2N5O3/c1-12-26-27-20(31-12)19(29)14-9-17(23)18(24-11-14)13-5-7-28(8-6-13)21(30)25-16-4-2-3-15(22)10-16/h2-5,9-11,19,29H,6-8H2,1H3,(H,25,30). The highest BCUT2D eigenvalue weighted by Crippen LogP contribution is 2.30. The van der Waals surface area contributed by atoms with Gasteiger partial charge in [-0.1, -0.05) is 35.3 Å². The first-order chi connectivity index (χ1) is 14.9. The van der Waals surface area contributed by atoms with Gasteiger partial charge in [0.15, 0.2) is 6.10 Å². The Hall–Kier alpha value is -2.94. The molecular weight excluding hydrogens is 441 g/mol. The van der Waals surface area contributed by atoms with Crippen LogP contribution in [0.2, 0.25) is 10.0 Å². The fourth-order valence-electron chi connectivity index (χ4n) is 3.24. The Labute approximate surface area is 188 Å². The van der Waals surface area contributed by atoms with Gasteiger partial charge < -0.3 is 19.7 Å². The molecule has 2 aromatic heterocycles. The summed E-state index contributed by atoms with van der Waals surface area (Å²) in [4.78, 5) is 18.6. The van der Waals surface area contributed by atoms with Crippen molar-refractivity contribution in [2.45, 2.75) is 19.4 Å². The van der Waals surface area contributed by atoms with E-state index in [4.69, 9.17) is 27.6 Å². The third kappa shape index (κ3) is 4.87. The van der Waals surface area contributed by atoms with Gasteiger partial charge in [-0.15, -0.1) is 10.2 Å². The molecule has 1 aliphatic heterocycles. The minimum Gasteiger partial charge on any atom is -0.422 e. The van der Waals surface area contributed by atoms with Crippen LogP contribution >= 0.6 is 23.2 Å². The molecule has 0 fully saturated rings. The maximum atomic E-state index is 12.5. The molecule has 0 aliphatic carbocycles. The number of aliphatic hydroxyl groups is 1. The molecule has 3 heterocycles. The van der Waals surface area contributed by atoms with Gasteiger partial charge in [0, 0.05) is 42.5 Å². The van der Waals surface area contributed by atoms with E-state index >= 15 is 0 Å². The molecule has 10 heteroatoms. The summed E-state index contributed by atoms with van der Waals surface area (Å²) in [5.74, 6) is 0.447. The number of carbonyl (C=O) groups is 1. The van der Waals surface area contributed by atoms with E-state index in [1.165, 1.54) is 6.20 Å². The highest BCUT2D eigenvalue weighted by molar-refractivity contribution is 6.32. The zero-order valence-corrected chi connectivity index (χ0v) is 18.1. The second kappa shape index (κ2) is 9.05. The number of urea groups is 1. The molecule has 8 nitrogen and oxygen atoms in total. The molecule has 0 radical (unpaired) electrons. The van der Waals surface area contributed by atoms with Crippen LogP contribution in [0.5, 0.6) is 0 Å². The van der Waals surface area contributed by atoms with Crippen LogP contribution < -0.4 is 5.32 Å². The lowest BCUT2D eigenvalue weighted by atomic mass is 10.0. The number of aromatic nitrogens is 3. The summed E-state index contributed by atoms with van der Waals surface area (Å²) >= 11 is 12.4. The van der Waals surface area contributed by atoms with Crippen LogP contribution in [0.4, 0.5) is 10.5 Å². The van der Waals surface area contributed by atoms with Gasteiger partial charge in [0.1, 0.15) is 0 Å². The van der Waals surface area contributed by atoms with E-state index in [0.29, 0.717) is 52.4 Å². The van der Waals surface area contributed by atoms with Gasteiger partial charge in [-0.3, -0.25) is 4.98 Å². The number of halogens is 2. The maximum Gasteiger partial charge on any atom is 0.322 e. The molecule has 2 amide bonds. The van der Waals surface area contributed by atoms with Crippen molar-refractivity contribution in [3.8, 4) is 0 Å². The number of amides is 2. The van der Waals surface area contributed by atoms with Crippen molar-refractivity contribution in [2.24, 2.45) is 0 Å². The number of rotatable bonds is 4. The third-order valence-electron chi connectivity index (χ3n) is 4.83. The maximum absolute atomic E-state index is 12.5. The van der Waals surface area contributed by atoms with Gasteiger partial charge in [0.25, 0.3) is 0 Å². The van der Waals surface area contributed by atoms with E-state index < -0.39 is 6.10 Å². The first kappa shape index (κ1) is 21.3. The third-order valence-corrected chi connectivity index (χ3v) is 5.35. The fraction of sp³-hybridized carbons (Fsp3) is 0.238. The van der Waals surface area contributed by atoms with Gasteiger partial charge in [-0.05, 0) is 36.3 Å². The number of hydrogen-bond acceptors (Lipinski definition) is 6. The Morgan fingerprint density at radius 3 is 2.77 bits per heavy atom. The minimum atomic E-state index is -1.11. The predicted octanol–water partition coefficient (Wildman–Crippen LogP) is 4.48. The molecule has 1 aliphatic rings. The van der Waals surface area contributed by atoms with E-state index in [2.05, 4.69) is 20.5 Å². The van der Waals surface area contributed by atoms with Crippen LogP contribution in [0.25, 0.3) is 5.57 Å². The molecule has 0 saturated heterocycles. The van der Waals surface area contributed by atoms with Crippen molar-refractivity contribution in [1.29, 1.82) is 0 Å². The van der Waals surface area contributed by atoms with Crippen LogP contribution in [-0.2, 0) is 0 Å². The van der Waals surface area contributed by atoms with E-state index in [1.54, 1.807) is 42.2 Å². The molecule has 0 saturated carbocycles. The lowest BCUT2D eigenvalue weighted by Gasteiger charge is -2.27. The average molecular weight is 460 g/mol. The SMILES string of the molecule is Cc1nnc(C(O)c2cnc(C3=CCN(C(=O)Nc4cccc(Cl)c4)CC3)c(Cl)c2)o1. The first-order valence-corrected chi connectivity index (χ1v) is 10.3. The van der Waals surface area contributed by atoms with Crippen LogP contribution in [0.1, 0.15) is 35.6 Å². The second-order valence-corrected chi connectivity index (χ2v) is 7.87. The molecule has 2 N–H and O–H groups in total. The number of benzene rings is 1. The number of anilines is 1. The highest BCUT2D eigenvalue weighted by atomic mass is 35.5. The molecule has 1 atom stereocenters. The molecule has 0 spiro atoms. The van der Waals surface area contributed by atoms with Gasteiger partial charge in [-0.25, -0.2) is 4.79 Å². The zero-order valence-electron chi connectivity index (χ0n) is 16.5. The topological polar surface area (TPSA) is 104 Å². The molecule has 1 aromatic carbocycles. The van der Waals surface area contributed by atoms with Crippen LogP contribution in [0, 0.1) is 6.92 Å². The summed E-state index contributed by atoms with van der Waals surface area (Å²) in [7, 11) is 0. The summed E-state index contributed by atoms with van der Waals surface area (Å²) in [5, 5.41) is 21.7. The van der Waals surface area contributed by atoms with E-state index in [0.717, 1.165) is 5.57 Å². The van der Waals surface area contributed by atoms with Crippen molar-refractivity contribution in [3.05, 3.63) is 75.7 Å². The number of carbonyl (C=O) groups excluding carboxylic acids is 1. The lowest BCUT2D eigenvalue weighted by Crippen LogP contribution is -2.37. The number of nitrogens with one attached hydrogen (secondary N) is 1. The Morgan fingerprint density at radius 1 is 1.29 bits per heavy atom. The molecular formula is C21H19Cl2N5O3. The molecule has 0 bridgehead atoms. The Kier molecular flexibility index (Phi) is 6.22. The quantitative estimate of drug-likeness (QED) is 0.595. The summed E-state index contributed by atoms with van der Waals surface area (Å²) in [5.41, 5.74) is 2.65. The van der Waals surface area contributed by atoms with Crippen molar-refractivity contribution < 1.29 is 14.3 Å². The summed E-state index contributed by atoms with van der Waals surface area (Å²) in [6, 6.07) is 8.43. The molecule has 3 aromatic rings. The second-order valence-electron chi connectivity index (χ2n) is 7.03. The molecule has 1 unspecified atom stereocenters. The highest BCUT2D eigenvalue weighted by Gasteiger charge is 2.22. The monoisotopic (exact) mass is 459 g/mol. The van der Waals surface area contributed by atoms with E-state index in [-0.39, 0.29) is 11.9 Å². The van der Waals surface area contributed by atoms with Gasteiger partial charge in [0.2, 0.25) is 11.8 Å². The molecule has 160 valence electrons. The number of aryl methyl sites for hydroxylation is 1. The van der Waals surface area contributed by atoms with Crippen LogP contribution in [-0.4, -0.2) is 44.3 Å². The Bertz CT molecular complexity index is 1150. The molecule has 4 rings (SSSR count). The van der Waals surface area contributed by atoms with Crippen molar-refractivity contribution in [1.82, 2.24) is 20.1 Å². The van der Waals surface area contributed by atoms with Crippen molar-refractivity contribution in [2.75, 3.05) is 18.4 Å². The van der Waals surface area contributed by atoms with Crippen LogP contribution in [0.3, 0.4) is 0 Å². The number of pyridine rings is 1. The van der Waals surface area contributed by atoms with E-state index in [1.807, 2.05) is 6.08 Å². The zero-order chi connectivity index (χ0) is 22.0. The summed E-state index contributed by atoms with van der Waals surface area (Å²) in [6.07, 6.45) is 2.95. The predicted molar refractivity (Wildman–Crippen MR) is 117 cm³/mol. The Balaban J connectivity index is 1.43. The first-order valence-electron chi connectivity index (χ1n) is 9.55. The number of hydrogen-bond donors (Lipinski definition) is 2. The normalized spacial score (nSPS) is 14.8. The minimum absolute atomic E-state index is 0.0846. The lowest BCUT2D eigenvalue weighted by molar-refractivity contribution is 0.180.